The molecule has 1 fully saturated rings. The Balaban J connectivity index is 1.38. The molecule has 3 aromatic rings. The van der Waals surface area contributed by atoms with E-state index in [1.54, 1.807) is 31.9 Å². The summed E-state index contributed by atoms with van der Waals surface area (Å²) in [5.41, 5.74) is 1.52. The van der Waals surface area contributed by atoms with Gasteiger partial charge in [0, 0.05) is 49.8 Å². The molecule has 1 saturated heterocycles. The number of carbonyl (C=O) groups is 1. The van der Waals surface area contributed by atoms with Crippen molar-refractivity contribution in [3.63, 3.8) is 0 Å². The molecule has 9 heteroatoms. The molecule has 0 aliphatic carbocycles. The molecule has 1 amide bonds. The molecule has 170 valence electrons. The van der Waals surface area contributed by atoms with Gasteiger partial charge >= 0.3 is 0 Å². The lowest BCUT2D eigenvalue weighted by Crippen LogP contribution is -2.48. The van der Waals surface area contributed by atoms with Crippen LogP contribution in [-0.4, -0.2) is 60.8 Å². The third kappa shape index (κ3) is 5.01. The molecule has 0 bridgehead atoms. The Morgan fingerprint density at radius 2 is 1.78 bits per heavy atom. The maximum absolute atomic E-state index is 12.9. The number of para-hydroxylation sites is 1. The van der Waals surface area contributed by atoms with E-state index in [0.717, 1.165) is 23.0 Å². The summed E-state index contributed by atoms with van der Waals surface area (Å²) in [5, 5.41) is 0.862. The van der Waals surface area contributed by atoms with Crippen molar-refractivity contribution in [3.8, 4) is 0 Å². The van der Waals surface area contributed by atoms with E-state index < -0.39 is 15.6 Å². The number of piperazine rings is 1. The molecule has 0 unspecified atom stereocenters. The summed E-state index contributed by atoms with van der Waals surface area (Å²) >= 11 is 0. The second kappa shape index (κ2) is 8.65. The zero-order valence-corrected chi connectivity index (χ0v) is 19.4. The fourth-order valence-electron chi connectivity index (χ4n) is 3.83. The highest BCUT2D eigenvalue weighted by molar-refractivity contribution is 7.89. The van der Waals surface area contributed by atoms with Gasteiger partial charge in [0.25, 0.3) is 15.9 Å². The van der Waals surface area contributed by atoms with Crippen molar-refractivity contribution in [2.24, 2.45) is 0 Å². The number of fused-ring (bicyclic) bond motifs is 1. The topological polar surface area (TPSA) is 95.8 Å². The van der Waals surface area contributed by atoms with E-state index in [4.69, 9.17) is 4.42 Å². The number of nitrogens with zero attached hydrogens (tertiary/aromatic N) is 3. The Labute approximate surface area is 188 Å². The molecule has 0 saturated carbocycles. The molecule has 1 N–H and O–H groups in total. The molecular weight excluding hydrogens is 428 g/mol. The first-order chi connectivity index (χ1) is 15.1. The zero-order chi connectivity index (χ0) is 22.9. The van der Waals surface area contributed by atoms with Crippen molar-refractivity contribution in [2.75, 3.05) is 26.2 Å². The van der Waals surface area contributed by atoms with Crippen molar-refractivity contribution in [1.82, 2.24) is 19.5 Å². The number of nitrogens with one attached hydrogen (secondary N) is 1. The number of pyridine rings is 1. The van der Waals surface area contributed by atoms with E-state index in [1.165, 1.54) is 12.1 Å². The predicted molar refractivity (Wildman–Crippen MR) is 122 cm³/mol. The van der Waals surface area contributed by atoms with Crippen LogP contribution in [0.25, 0.3) is 10.9 Å². The monoisotopic (exact) mass is 456 g/mol. The van der Waals surface area contributed by atoms with Gasteiger partial charge in [-0.3, -0.25) is 14.7 Å². The average Bonchev–Trinajstić information content (AvgIpc) is 3.24. The normalized spacial score (nSPS) is 15.9. The third-order valence-electron chi connectivity index (χ3n) is 5.27. The first kappa shape index (κ1) is 22.4. The van der Waals surface area contributed by atoms with Crippen molar-refractivity contribution in [3.05, 3.63) is 60.0 Å². The quantitative estimate of drug-likeness (QED) is 0.634. The van der Waals surface area contributed by atoms with Crippen LogP contribution in [0, 0.1) is 0 Å². The minimum absolute atomic E-state index is 0.0333. The summed E-state index contributed by atoms with van der Waals surface area (Å²) in [4.78, 5) is 21.4. The number of amides is 1. The van der Waals surface area contributed by atoms with Gasteiger partial charge < -0.3 is 9.32 Å². The highest BCUT2D eigenvalue weighted by atomic mass is 32.2. The second-order valence-corrected chi connectivity index (χ2v) is 10.6. The van der Waals surface area contributed by atoms with E-state index in [-0.39, 0.29) is 16.8 Å². The van der Waals surface area contributed by atoms with Crippen molar-refractivity contribution < 1.29 is 17.6 Å². The van der Waals surface area contributed by atoms with Gasteiger partial charge in [-0.15, -0.1) is 0 Å². The number of furan rings is 1. The Kier molecular flexibility index (Phi) is 6.07. The van der Waals surface area contributed by atoms with Crippen molar-refractivity contribution in [2.45, 2.75) is 37.9 Å². The van der Waals surface area contributed by atoms with Crippen LogP contribution in [0.4, 0.5) is 0 Å². The van der Waals surface area contributed by atoms with E-state index >= 15 is 0 Å². The lowest BCUT2D eigenvalue weighted by Gasteiger charge is -2.34. The van der Waals surface area contributed by atoms with Crippen LogP contribution in [0.5, 0.6) is 0 Å². The Morgan fingerprint density at radius 3 is 2.50 bits per heavy atom. The smallest absolute Gasteiger partial charge is 0.289 e. The van der Waals surface area contributed by atoms with Crippen LogP contribution < -0.4 is 4.72 Å². The fraction of sp³-hybridized carbons (Fsp3) is 0.391. The average molecular weight is 457 g/mol. The van der Waals surface area contributed by atoms with Gasteiger partial charge in [-0.2, -0.15) is 0 Å². The molecule has 1 aromatic carbocycles. The molecule has 2 aromatic heterocycles. The van der Waals surface area contributed by atoms with E-state index in [0.29, 0.717) is 26.2 Å². The highest BCUT2D eigenvalue weighted by Gasteiger charge is 2.29. The molecular formula is C23H28N4O4S. The van der Waals surface area contributed by atoms with Gasteiger partial charge in [0.05, 0.1) is 5.52 Å². The molecule has 0 radical (unpaired) electrons. The number of hydrogen-bond donors (Lipinski definition) is 1. The molecule has 0 spiro atoms. The summed E-state index contributed by atoms with van der Waals surface area (Å²) in [5.74, 6) is -0.264. The zero-order valence-electron chi connectivity index (χ0n) is 18.5. The molecule has 8 nitrogen and oxygen atoms in total. The van der Waals surface area contributed by atoms with Gasteiger partial charge in [-0.1, -0.05) is 24.3 Å². The van der Waals surface area contributed by atoms with Crippen LogP contribution in [-0.2, 0) is 16.6 Å². The largest absolute Gasteiger partial charge is 0.438 e. The maximum atomic E-state index is 12.9. The SMILES string of the molecule is CC(C)(C)NS(=O)(=O)c1ccc(C(=O)N2CCN(Cc3cccc4cccnc34)CC2)o1. The maximum Gasteiger partial charge on any atom is 0.289 e. The Hall–Kier alpha value is -2.75. The standard InChI is InChI=1S/C23H28N4O4S/c1-23(2,3)25-32(29,30)20-10-9-19(31-20)22(28)27-14-12-26(13-15-27)16-18-7-4-6-17-8-5-11-24-21(17)18/h4-11,25H,12-16H2,1-3H3. The molecule has 1 aliphatic heterocycles. The summed E-state index contributed by atoms with van der Waals surface area (Å²) in [6, 6.07) is 12.9. The second-order valence-electron chi connectivity index (χ2n) is 9.03. The van der Waals surface area contributed by atoms with Gasteiger partial charge in [0.15, 0.2) is 5.76 Å². The lowest BCUT2D eigenvalue weighted by molar-refractivity contribution is 0.0593. The van der Waals surface area contributed by atoms with Crippen LogP contribution in [0.15, 0.2) is 58.2 Å². The van der Waals surface area contributed by atoms with Crippen LogP contribution in [0.3, 0.4) is 0 Å². The number of aromatic nitrogens is 1. The van der Waals surface area contributed by atoms with Gasteiger partial charge in [0.2, 0.25) is 5.09 Å². The fourth-order valence-corrected chi connectivity index (χ4v) is 5.19. The molecule has 1 aliphatic rings. The van der Waals surface area contributed by atoms with E-state index in [2.05, 4.69) is 32.8 Å². The minimum Gasteiger partial charge on any atom is -0.438 e. The third-order valence-corrected chi connectivity index (χ3v) is 6.90. The van der Waals surface area contributed by atoms with Crippen molar-refractivity contribution in [1.29, 1.82) is 0 Å². The summed E-state index contributed by atoms with van der Waals surface area (Å²) in [6.45, 7) is 8.50. The first-order valence-corrected chi connectivity index (χ1v) is 12.1. The number of sulfonamides is 1. The van der Waals surface area contributed by atoms with Crippen LogP contribution >= 0.6 is 0 Å². The van der Waals surface area contributed by atoms with Gasteiger partial charge in [-0.25, -0.2) is 13.1 Å². The number of hydrogen-bond acceptors (Lipinski definition) is 6. The Bertz CT molecular complexity index is 1220. The van der Waals surface area contributed by atoms with Crippen LogP contribution in [0.1, 0.15) is 36.9 Å². The Morgan fingerprint density at radius 1 is 1.06 bits per heavy atom. The number of rotatable bonds is 5. The van der Waals surface area contributed by atoms with Crippen LogP contribution in [0.2, 0.25) is 0 Å². The molecule has 3 heterocycles. The first-order valence-electron chi connectivity index (χ1n) is 10.6. The summed E-state index contributed by atoms with van der Waals surface area (Å²) < 4.78 is 32.8. The molecule has 0 atom stereocenters. The summed E-state index contributed by atoms with van der Waals surface area (Å²) in [7, 11) is -3.82. The molecule has 32 heavy (non-hydrogen) atoms. The minimum atomic E-state index is -3.82. The summed E-state index contributed by atoms with van der Waals surface area (Å²) in [6.07, 6.45) is 1.80. The van der Waals surface area contributed by atoms with E-state index in [9.17, 15) is 13.2 Å². The predicted octanol–water partition coefficient (Wildman–Crippen LogP) is 2.86. The van der Waals surface area contributed by atoms with Gasteiger partial charge in [-0.05, 0) is 44.5 Å². The van der Waals surface area contributed by atoms with E-state index in [1.807, 2.05) is 12.1 Å². The molecule has 4 rings (SSSR count). The number of carbonyl (C=O) groups excluding carboxylic acids is 1. The highest BCUT2D eigenvalue weighted by Crippen LogP contribution is 2.21. The number of benzene rings is 1. The van der Waals surface area contributed by atoms with Gasteiger partial charge in [0.1, 0.15) is 0 Å². The van der Waals surface area contributed by atoms with Crippen molar-refractivity contribution >= 4 is 26.8 Å². The lowest BCUT2D eigenvalue weighted by atomic mass is 10.1.